The number of quaternary nitrogens is 1. The van der Waals surface area contributed by atoms with Crippen molar-refractivity contribution in [1.82, 2.24) is 5.32 Å². The third-order valence-corrected chi connectivity index (χ3v) is 13.5. The number of nitrogens with zero attached hydrogens (tertiary/aromatic N) is 1. The van der Waals surface area contributed by atoms with Crippen molar-refractivity contribution in [1.29, 1.82) is 0 Å². The number of aliphatic hydroxyl groups is 1. The fourth-order valence-corrected chi connectivity index (χ4v) is 8.70. The van der Waals surface area contributed by atoms with E-state index >= 15 is 0 Å². The van der Waals surface area contributed by atoms with E-state index < -0.39 is 26.6 Å². The first-order valence-corrected chi connectivity index (χ1v) is 30.6. The number of likely N-dealkylation sites (N-methyl/N-ethyl adjacent to an activating group) is 1. The predicted molar refractivity (Wildman–Crippen MR) is 306 cm³/mol. The van der Waals surface area contributed by atoms with Crippen LogP contribution in [0.4, 0.5) is 0 Å². The van der Waals surface area contributed by atoms with Crippen molar-refractivity contribution < 1.29 is 32.9 Å². The smallest absolute Gasteiger partial charge is 0.268 e. The molecule has 0 saturated heterocycles. The summed E-state index contributed by atoms with van der Waals surface area (Å²) in [7, 11) is 1.20. The van der Waals surface area contributed by atoms with Crippen molar-refractivity contribution in [3.63, 3.8) is 0 Å². The summed E-state index contributed by atoms with van der Waals surface area (Å²) in [6.45, 7) is 4.48. The molecular weight excluding hydrogens is 900 g/mol. The molecule has 2 N–H and O–H groups in total. The summed E-state index contributed by atoms with van der Waals surface area (Å²) in [5.74, 6) is -0.245. The van der Waals surface area contributed by atoms with Crippen LogP contribution in [-0.4, -0.2) is 68.5 Å². The Kier molecular flexibility index (Phi) is 50.4. The first-order chi connectivity index (χ1) is 34.5. The highest BCUT2D eigenvalue weighted by atomic mass is 31.2. The molecule has 3 unspecified atom stereocenters. The maximum absolute atomic E-state index is 12.9. The molecule has 0 rings (SSSR count). The van der Waals surface area contributed by atoms with Gasteiger partial charge in [-0.05, 0) is 89.9 Å². The highest BCUT2D eigenvalue weighted by Gasteiger charge is 2.23. The van der Waals surface area contributed by atoms with Crippen molar-refractivity contribution in [2.75, 3.05) is 40.9 Å². The number of hydrogen-bond donors (Lipinski definition) is 2. The molecule has 0 aliphatic carbocycles. The zero-order valence-electron chi connectivity index (χ0n) is 46.6. The number of carbonyl (C=O) groups is 1. The minimum Gasteiger partial charge on any atom is -0.756 e. The lowest BCUT2D eigenvalue weighted by atomic mass is 10.0. The number of hydrogen-bond acceptors (Lipinski definition) is 6. The van der Waals surface area contributed by atoms with E-state index in [4.69, 9.17) is 9.05 Å². The summed E-state index contributed by atoms with van der Waals surface area (Å²) >= 11 is 0. The lowest BCUT2D eigenvalue weighted by molar-refractivity contribution is -0.870. The Bertz CT molecular complexity index is 1470. The van der Waals surface area contributed by atoms with Crippen LogP contribution in [0.3, 0.4) is 0 Å². The van der Waals surface area contributed by atoms with Gasteiger partial charge in [0.15, 0.2) is 0 Å². The van der Waals surface area contributed by atoms with Crippen molar-refractivity contribution in [3.8, 4) is 0 Å². The lowest BCUT2D eigenvalue weighted by Crippen LogP contribution is -2.45. The average Bonchev–Trinajstić information content (AvgIpc) is 3.33. The normalized spacial score (nSPS) is 14.6. The average molecular weight is 1010 g/mol. The van der Waals surface area contributed by atoms with Gasteiger partial charge in [-0.3, -0.25) is 9.36 Å². The predicted octanol–water partition coefficient (Wildman–Crippen LogP) is 17.2. The molecule has 410 valence electrons. The summed E-state index contributed by atoms with van der Waals surface area (Å²) in [6, 6.07) is -0.935. The van der Waals surface area contributed by atoms with Crippen LogP contribution < -0.4 is 10.2 Å². The van der Waals surface area contributed by atoms with Crippen LogP contribution in [0.25, 0.3) is 0 Å². The van der Waals surface area contributed by atoms with Gasteiger partial charge in [-0.15, -0.1) is 0 Å². The molecule has 9 heteroatoms. The summed E-state index contributed by atoms with van der Waals surface area (Å²) in [4.78, 5) is 25.5. The van der Waals surface area contributed by atoms with E-state index in [1.807, 2.05) is 27.2 Å². The zero-order valence-corrected chi connectivity index (χ0v) is 47.5. The van der Waals surface area contributed by atoms with Gasteiger partial charge in [-0.25, -0.2) is 0 Å². The molecule has 0 aromatic carbocycles. The lowest BCUT2D eigenvalue weighted by Gasteiger charge is -2.29. The quantitative estimate of drug-likeness (QED) is 0.0272. The van der Waals surface area contributed by atoms with E-state index in [0.717, 1.165) is 77.0 Å². The van der Waals surface area contributed by atoms with Crippen molar-refractivity contribution in [3.05, 3.63) is 97.2 Å². The first-order valence-electron chi connectivity index (χ1n) is 29.1. The van der Waals surface area contributed by atoms with Gasteiger partial charge in [0.05, 0.1) is 39.9 Å². The Balaban J connectivity index is 4.31. The van der Waals surface area contributed by atoms with Crippen LogP contribution in [-0.2, 0) is 18.4 Å². The second kappa shape index (κ2) is 52.3. The van der Waals surface area contributed by atoms with E-state index in [2.05, 4.69) is 104 Å². The number of unbranched alkanes of at least 4 members (excludes halogenated alkanes) is 25. The SMILES string of the molecule is CC/C=C\C/C=C\C/C=C\C/C=C\C/C=C\CCCCCC(=O)NC(COP(=O)([O-])OCC[N+](C)(C)C)C(O)/C=C/CC/C=C/CC/C=C/CCCCCCCCCCCCCCCCCCCCCC. The third kappa shape index (κ3) is 55.0. The van der Waals surface area contributed by atoms with E-state index in [9.17, 15) is 19.4 Å². The van der Waals surface area contributed by atoms with Crippen molar-refractivity contribution in [2.45, 2.75) is 251 Å². The van der Waals surface area contributed by atoms with Crippen LogP contribution in [0.2, 0.25) is 0 Å². The minimum absolute atomic E-state index is 0.0210. The summed E-state index contributed by atoms with van der Waals surface area (Å²) in [5.41, 5.74) is 0. The molecular formula is C62H111N2O6P. The zero-order chi connectivity index (χ0) is 52.0. The van der Waals surface area contributed by atoms with E-state index in [0.29, 0.717) is 17.4 Å². The third-order valence-electron chi connectivity index (χ3n) is 12.5. The molecule has 0 aliphatic heterocycles. The summed E-state index contributed by atoms with van der Waals surface area (Å²) in [6.07, 6.45) is 75.1. The summed E-state index contributed by atoms with van der Waals surface area (Å²) in [5, 5.41) is 13.8. The monoisotopic (exact) mass is 1010 g/mol. The van der Waals surface area contributed by atoms with E-state index in [1.165, 1.54) is 135 Å². The molecule has 0 radical (unpaired) electrons. The van der Waals surface area contributed by atoms with E-state index in [1.54, 1.807) is 6.08 Å². The van der Waals surface area contributed by atoms with E-state index in [-0.39, 0.29) is 18.9 Å². The Morgan fingerprint density at radius 1 is 0.507 bits per heavy atom. The molecule has 0 heterocycles. The van der Waals surface area contributed by atoms with Crippen LogP contribution in [0.15, 0.2) is 97.2 Å². The fourth-order valence-electron chi connectivity index (χ4n) is 7.98. The summed E-state index contributed by atoms with van der Waals surface area (Å²) < 4.78 is 23.3. The van der Waals surface area contributed by atoms with Crippen LogP contribution in [0.5, 0.6) is 0 Å². The van der Waals surface area contributed by atoms with Gasteiger partial charge in [0.2, 0.25) is 5.91 Å². The molecule has 0 aromatic rings. The Morgan fingerprint density at radius 3 is 1.31 bits per heavy atom. The van der Waals surface area contributed by atoms with Crippen LogP contribution in [0.1, 0.15) is 239 Å². The molecule has 8 nitrogen and oxygen atoms in total. The molecule has 0 aliphatic rings. The molecule has 0 saturated carbocycles. The van der Waals surface area contributed by atoms with Crippen molar-refractivity contribution >= 4 is 13.7 Å². The van der Waals surface area contributed by atoms with Gasteiger partial charge in [-0.1, -0.05) is 239 Å². The highest BCUT2D eigenvalue weighted by Crippen LogP contribution is 2.38. The fraction of sp³-hybridized carbons (Fsp3) is 0.726. The minimum atomic E-state index is -4.63. The Morgan fingerprint density at radius 2 is 0.873 bits per heavy atom. The number of nitrogens with one attached hydrogen (secondary N) is 1. The number of rotatable bonds is 52. The van der Waals surface area contributed by atoms with Crippen LogP contribution >= 0.6 is 7.82 Å². The first kappa shape index (κ1) is 68.4. The molecule has 0 aromatic heterocycles. The number of amides is 1. The van der Waals surface area contributed by atoms with Gasteiger partial charge >= 0.3 is 0 Å². The largest absolute Gasteiger partial charge is 0.756 e. The molecule has 0 spiro atoms. The van der Waals surface area contributed by atoms with Gasteiger partial charge in [-0.2, -0.15) is 0 Å². The topological polar surface area (TPSA) is 108 Å². The van der Waals surface area contributed by atoms with Gasteiger partial charge in [0.25, 0.3) is 7.82 Å². The number of allylic oxidation sites excluding steroid dienone is 15. The van der Waals surface area contributed by atoms with Gasteiger partial charge in [0.1, 0.15) is 13.2 Å². The standard InChI is InChI=1S/C62H111N2O6P/c1-6-8-10-12-14-16-18-20-22-24-26-27-28-29-30-31-32-33-34-35-36-38-39-41-43-45-47-49-51-53-55-61(65)60(59-70-71(67,68)69-58-57-64(3,4)5)63-62(66)56-54-52-50-48-46-44-42-40-37-25-23-21-19-17-15-13-11-9-7-2/h9,11,15,17,21,23,37-40,44-47,53,55,60-61,65H,6-8,10,12-14,16,18-20,22,24-36,41-43,48-52,54,56-59H2,1-5H3,(H-,63,66,67,68)/b11-9-,17-15-,23-21-,39-38+,40-37-,46-44-,47-45+,55-53+. The molecule has 1 amide bonds. The maximum atomic E-state index is 12.9. The van der Waals surface area contributed by atoms with Gasteiger partial charge in [0, 0.05) is 6.42 Å². The molecule has 71 heavy (non-hydrogen) atoms. The molecule has 0 fully saturated rings. The number of phosphoric ester groups is 1. The highest BCUT2D eigenvalue weighted by molar-refractivity contribution is 7.45. The number of carbonyl (C=O) groups excluding carboxylic acids is 1. The van der Waals surface area contributed by atoms with Gasteiger partial charge < -0.3 is 28.8 Å². The number of aliphatic hydroxyl groups excluding tert-OH is 1. The van der Waals surface area contributed by atoms with Crippen LogP contribution in [0, 0.1) is 0 Å². The maximum Gasteiger partial charge on any atom is 0.268 e. The molecule has 3 atom stereocenters. The number of phosphoric acid groups is 1. The second-order valence-electron chi connectivity index (χ2n) is 20.6. The second-order valence-corrected chi connectivity index (χ2v) is 22.0. The molecule has 0 bridgehead atoms. The Labute approximate surface area is 439 Å². The van der Waals surface area contributed by atoms with Crippen molar-refractivity contribution in [2.24, 2.45) is 0 Å². The Hall–Kier alpha value is -2.58.